The summed E-state index contributed by atoms with van der Waals surface area (Å²) in [5, 5.41) is 0.0375. The Morgan fingerprint density at radius 1 is 1.47 bits per heavy atom. The molecule has 0 saturated carbocycles. The van der Waals surface area contributed by atoms with Crippen molar-refractivity contribution in [1.29, 1.82) is 0 Å². The number of aromatic nitrogens is 2. The molecule has 1 heterocycles. The molecule has 0 atom stereocenters. The summed E-state index contributed by atoms with van der Waals surface area (Å²) in [6.45, 7) is 1.89. The number of anilines is 1. The van der Waals surface area contributed by atoms with Gasteiger partial charge in [-0.05, 0) is 18.2 Å². The summed E-state index contributed by atoms with van der Waals surface area (Å²) in [6.07, 6.45) is 7.21. The van der Waals surface area contributed by atoms with Gasteiger partial charge in [-0.3, -0.25) is 4.72 Å². The number of benzene rings is 1. The van der Waals surface area contributed by atoms with Gasteiger partial charge in [-0.1, -0.05) is 18.9 Å². The molecule has 0 radical (unpaired) electrons. The molecule has 2 N–H and O–H groups in total. The summed E-state index contributed by atoms with van der Waals surface area (Å²) in [6, 6.07) is 6.64. The van der Waals surface area contributed by atoms with Crippen LogP contribution in [0.2, 0.25) is 0 Å². The van der Waals surface area contributed by atoms with E-state index in [1.165, 1.54) is 6.20 Å². The maximum Gasteiger partial charge on any atom is 0.278 e. The Bertz CT molecular complexity index is 726. The highest BCUT2D eigenvalue weighted by Gasteiger charge is 2.17. The molecule has 0 spiro atoms. The average Bonchev–Trinajstić information content (AvgIpc) is 2.88. The van der Waals surface area contributed by atoms with Crippen LogP contribution in [0.1, 0.15) is 18.3 Å². The molecule has 0 saturated heterocycles. The zero-order valence-corrected chi connectivity index (χ0v) is 11.2. The molecule has 0 aliphatic carbocycles. The lowest BCUT2D eigenvalue weighted by atomic mass is 10.2. The third-order valence-corrected chi connectivity index (χ3v) is 3.80. The van der Waals surface area contributed by atoms with Crippen LogP contribution in [-0.2, 0) is 16.4 Å². The Labute approximate surface area is 112 Å². The van der Waals surface area contributed by atoms with Crippen LogP contribution >= 0.6 is 0 Å². The number of hydrogen-bond acceptors (Lipinski definition) is 3. The summed E-state index contributed by atoms with van der Waals surface area (Å²) in [7, 11) is -3.66. The van der Waals surface area contributed by atoms with E-state index in [0.717, 1.165) is 0 Å². The zero-order valence-electron chi connectivity index (χ0n) is 10.3. The molecule has 0 aliphatic heterocycles. The van der Waals surface area contributed by atoms with E-state index in [-0.39, 0.29) is 5.03 Å². The van der Waals surface area contributed by atoms with Crippen LogP contribution in [0.15, 0.2) is 35.5 Å². The number of imidazole rings is 1. The number of rotatable bonds is 4. The number of H-pyrrole nitrogens is 1. The van der Waals surface area contributed by atoms with Crippen LogP contribution < -0.4 is 4.72 Å². The van der Waals surface area contributed by atoms with E-state index in [1.807, 2.05) is 6.92 Å². The molecule has 0 bridgehead atoms. The summed E-state index contributed by atoms with van der Waals surface area (Å²) < 4.78 is 26.6. The minimum absolute atomic E-state index is 0.0375. The Morgan fingerprint density at radius 2 is 2.26 bits per heavy atom. The zero-order chi connectivity index (χ0) is 13.9. The molecular weight excluding hydrogens is 262 g/mol. The lowest BCUT2D eigenvalue weighted by molar-refractivity contribution is 0.598. The second-order valence-electron chi connectivity index (χ2n) is 3.88. The Hall–Kier alpha value is -2.26. The Balaban J connectivity index is 2.28. The van der Waals surface area contributed by atoms with Crippen molar-refractivity contribution in [3.63, 3.8) is 0 Å². The number of aromatic amines is 1. The molecule has 0 fully saturated rings. The lowest BCUT2D eigenvalue weighted by Crippen LogP contribution is -2.13. The molecular formula is C13H13N3O2S. The number of hydrogen-bond donors (Lipinski definition) is 2. The summed E-state index contributed by atoms with van der Waals surface area (Å²) >= 11 is 0. The van der Waals surface area contributed by atoms with Gasteiger partial charge in [0.25, 0.3) is 10.0 Å². The van der Waals surface area contributed by atoms with Crippen LogP contribution in [0, 0.1) is 12.3 Å². The average molecular weight is 275 g/mol. The topological polar surface area (TPSA) is 74.8 Å². The molecule has 2 aromatic rings. The molecule has 2 rings (SSSR count). The van der Waals surface area contributed by atoms with Crippen molar-refractivity contribution in [1.82, 2.24) is 9.97 Å². The van der Waals surface area contributed by atoms with Gasteiger partial charge in [0.05, 0.1) is 11.9 Å². The number of sulfonamides is 1. The van der Waals surface area contributed by atoms with Crippen LogP contribution in [0.5, 0.6) is 0 Å². The van der Waals surface area contributed by atoms with E-state index >= 15 is 0 Å². The van der Waals surface area contributed by atoms with Gasteiger partial charge in [0.2, 0.25) is 0 Å². The molecule has 98 valence electrons. The summed E-state index contributed by atoms with van der Waals surface area (Å²) in [5.41, 5.74) is 1.03. The minimum Gasteiger partial charge on any atom is -0.332 e. The number of aryl methyl sites for hydroxylation is 1. The fraction of sp³-hybridized carbons (Fsp3) is 0.154. The van der Waals surface area contributed by atoms with Crippen LogP contribution in [0.3, 0.4) is 0 Å². The monoisotopic (exact) mass is 275 g/mol. The Kier molecular flexibility index (Phi) is 3.58. The predicted octanol–water partition coefficient (Wildman–Crippen LogP) is 1.75. The molecule has 19 heavy (non-hydrogen) atoms. The van der Waals surface area contributed by atoms with Crippen molar-refractivity contribution < 1.29 is 8.42 Å². The normalized spacial score (nSPS) is 10.9. The first-order valence-electron chi connectivity index (χ1n) is 5.68. The van der Waals surface area contributed by atoms with Gasteiger partial charge < -0.3 is 4.98 Å². The second-order valence-corrected chi connectivity index (χ2v) is 5.53. The summed E-state index contributed by atoms with van der Waals surface area (Å²) in [4.78, 5) is 6.72. The minimum atomic E-state index is -3.66. The van der Waals surface area contributed by atoms with Crippen LogP contribution in [0.4, 0.5) is 5.69 Å². The van der Waals surface area contributed by atoms with Crippen molar-refractivity contribution in [3.05, 3.63) is 41.9 Å². The maximum absolute atomic E-state index is 12.1. The van der Waals surface area contributed by atoms with E-state index < -0.39 is 10.0 Å². The molecule has 0 aliphatic rings. The molecule has 5 nitrogen and oxygen atoms in total. The van der Waals surface area contributed by atoms with Crippen molar-refractivity contribution in [2.45, 2.75) is 18.4 Å². The van der Waals surface area contributed by atoms with Gasteiger partial charge in [-0.2, -0.15) is 8.42 Å². The quantitative estimate of drug-likeness (QED) is 0.835. The number of nitrogens with zero attached hydrogens (tertiary/aromatic N) is 1. The van der Waals surface area contributed by atoms with Gasteiger partial charge in [0.15, 0.2) is 5.03 Å². The first-order chi connectivity index (χ1) is 9.05. The van der Waals surface area contributed by atoms with Crippen molar-refractivity contribution in [2.75, 3.05) is 4.72 Å². The van der Waals surface area contributed by atoms with Crippen LogP contribution in [-0.4, -0.2) is 18.4 Å². The maximum atomic E-state index is 12.1. The van der Waals surface area contributed by atoms with E-state index in [2.05, 4.69) is 20.6 Å². The van der Waals surface area contributed by atoms with E-state index in [4.69, 9.17) is 6.42 Å². The molecule has 0 unspecified atom stereocenters. The molecule has 6 heteroatoms. The standard InChI is InChI=1S/C13H13N3O2S/c1-3-10-6-5-7-11(8-10)16-19(17,18)13-9-14-12(4-2)15-13/h1,5-9,16H,4H2,2H3,(H,14,15). The van der Waals surface area contributed by atoms with Gasteiger partial charge in [-0.15, -0.1) is 6.42 Å². The molecule has 1 aromatic heterocycles. The van der Waals surface area contributed by atoms with Gasteiger partial charge in [0, 0.05) is 12.0 Å². The third-order valence-electron chi connectivity index (χ3n) is 2.51. The van der Waals surface area contributed by atoms with Crippen molar-refractivity contribution in [3.8, 4) is 12.3 Å². The fourth-order valence-electron chi connectivity index (χ4n) is 1.54. The predicted molar refractivity (Wildman–Crippen MR) is 73.2 cm³/mol. The number of terminal acetylenes is 1. The number of nitrogens with one attached hydrogen (secondary N) is 2. The third kappa shape index (κ3) is 2.95. The van der Waals surface area contributed by atoms with Gasteiger partial charge >= 0.3 is 0 Å². The van der Waals surface area contributed by atoms with E-state index in [0.29, 0.717) is 23.5 Å². The molecule has 1 aromatic carbocycles. The fourth-order valence-corrected chi connectivity index (χ4v) is 2.53. The first-order valence-corrected chi connectivity index (χ1v) is 7.17. The smallest absolute Gasteiger partial charge is 0.278 e. The second kappa shape index (κ2) is 5.16. The highest BCUT2D eigenvalue weighted by atomic mass is 32.2. The van der Waals surface area contributed by atoms with Crippen molar-refractivity contribution >= 4 is 15.7 Å². The lowest BCUT2D eigenvalue weighted by Gasteiger charge is -2.06. The highest BCUT2D eigenvalue weighted by molar-refractivity contribution is 7.92. The van der Waals surface area contributed by atoms with E-state index in [9.17, 15) is 8.42 Å². The van der Waals surface area contributed by atoms with Crippen molar-refractivity contribution in [2.24, 2.45) is 0 Å². The van der Waals surface area contributed by atoms with Gasteiger partial charge in [0.1, 0.15) is 5.82 Å². The highest BCUT2D eigenvalue weighted by Crippen LogP contribution is 2.15. The first kappa shape index (κ1) is 13.2. The summed E-state index contributed by atoms with van der Waals surface area (Å²) in [5.74, 6) is 3.07. The van der Waals surface area contributed by atoms with E-state index in [1.54, 1.807) is 24.3 Å². The largest absolute Gasteiger partial charge is 0.332 e. The van der Waals surface area contributed by atoms with Crippen LogP contribution in [0.25, 0.3) is 0 Å². The molecule has 0 amide bonds. The Morgan fingerprint density at radius 3 is 2.89 bits per heavy atom. The van der Waals surface area contributed by atoms with Gasteiger partial charge in [-0.25, -0.2) is 4.98 Å². The SMILES string of the molecule is C#Cc1cccc(NS(=O)(=O)c2cnc(CC)[nH]2)c1.